The highest BCUT2D eigenvalue weighted by atomic mass is 79.9. The molecule has 0 spiro atoms. The second kappa shape index (κ2) is 4.05. The molecule has 2 aromatic rings. The van der Waals surface area contributed by atoms with Crippen LogP contribution in [0.4, 0.5) is 0 Å². The lowest BCUT2D eigenvalue weighted by molar-refractivity contribution is 0.0686. The summed E-state index contributed by atoms with van der Waals surface area (Å²) in [5.41, 5.74) is 0.324. The van der Waals surface area contributed by atoms with Crippen LogP contribution < -0.4 is 4.74 Å². The molecule has 0 fully saturated rings. The van der Waals surface area contributed by atoms with Crippen molar-refractivity contribution in [2.24, 2.45) is 0 Å². The van der Waals surface area contributed by atoms with Crippen LogP contribution in [0.1, 0.15) is 10.5 Å². The molecule has 82 valence electrons. The number of rotatable bonds is 2. The van der Waals surface area contributed by atoms with Crippen molar-refractivity contribution in [2.75, 3.05) is 7.11 Å². The van der Waals surface area contributed by atoms with Crippen LogP contribution in [-0.2, 0) is 0 Å². The molecule has 16 heavy (non-hydrogen) atoms. The lowest BCUT2D eigenvalue weighted by Gasteiger charge is -2.08. The van der Waals surface area contributed by atoms with Crippen LogP contribution in [0.2, 0.25) is 0 Å². The van der Waals surface area contributed by atoms with Crippen molar-refractivity contribution in [3.05, 3.63) is 28.6 Å². The van der Waals surface area contributed by atoms with Crippen molar-refractivity contribution in [2.45, 2.75) is 0 Å². The van der Waals surface area contributed by atoms with Crippen LogP contribution in [0.5, 0.6) is 5.75 Å². The number of pyridine rings is 2. The van der Waals surface area contributed by atoms with Crippen molar-refractivity contribution in [3.63, 3.8) is 0 Å². The molecule has 5 nitrogen and oxygen atoms in total. The Morgan fingerprint density at radius 1 is 1.56 bits per heavy atom. The summed E-state index contributed by atoms with van der Waals surface area (Å²) in [6, 6.07) is 3.53. The van der Waals surface area contributed by atoms with Crippen LogP contribution in [0, 0.1) is 0 Å². The Morgan fingerprint density at radius 3 is 2.94 bits per heavy atom. The third kappa shape index (κ3) is 1.61. The lowest BCUT2D eigenvalue weighted by atomic mass is 10.2. The summed E-state index contributed by atoms with van der Waals surface area (Å²) in [4.78, 5) is 19.0. The van der Waals surface area contributed by atoms with E-state index in [0.717, 1.165) is 0 Å². The number of nitrogens with zero attached hydrogens (tertiary/aromatic N) is 2. The van der Waals surface area contributed by atoms with E-state index in [4.69, 9.17) is 9.84 Å². The maximum atomic E-state index is 11.0. The summed E-state index contributed by atoms with van der Waals surface area (Å²) in [5, 5.41) is 9.70. The Kier molecular flexibility index (Phi) is 2.74. The van der Waals surface area contributed by atoms with Crippen LogP contribution in [0.25, 0.3) is 10.9 Å². The van der Waals surface area contributed by atoms with E-state index in [9.17, 15) is 4.79 Å². The maximum Gasteiger partial charge on any atom is 0.358 e. The van der Waals surface area contributed by atoms with Crippen molar-refractivity contribution in [3.8, 4) is 5.75 Å². The first kappa shape index (κ1) is 10.8. The average molecular weight is 283 g/mol. The molecule has 2 heterocycles. The summed E-state index contributed by atoms with van der Waals surface area (Å²) in [5.74, 6) is -0.976. The molecule has 0 aromatic carbocycles. The average Bonchev–Trinajstić information content (AvgIpc) is 2.29. The van der Waals surface area contributed by atoms with Crippen LogP contribution in [-0.4, -0.2) is 28.2 Å². The van der Waals surface area contributed by atoms with E-state index < -0.39 is 5.97 Å². The third-order valence-electron chi connectivity index (χ3n) is 2.08. The normalized spacial score (nSPS) is 10.4. The number of carbonyl (C=O) groups is 1. The number of methoxy groups -OCH3 is 1. The molecular formula is C10H7BrN2O3. The van der Waals surface area contributed by atoms with Gasteiger partial charge in [0.25, 0.3) is 0 Å². The molecule has 0 atom stereocenters. The zero-order chi connectivity index (χ0) is 11.7. The highest BCUT2D eigenvalue weighted by molar-refractivity contribution is 9.10. The number of halogens is 1. The van der Waals surface area contributed by atoms with E-state index in [1.54, 1.807) is 18.3 Å². The molecule has 0 bridgehead atoms. The Morgan fingerprint density at radius 2 is 2.31 bits per heavy atom. The summed E-state index contributed by atoms with van der Waals surface area (Å²) in [7, 11) is 1.39. The van der Waals surface area contributed by atoms with Gasteiger partial charge in [-0.3, -0.25) is 4.98 Å². The Bertz CT molecular complexity index is 571. The summed E-state index contributed by atoms with van der Waals surface area (Å²) in [6.45, 7) is 0. The van der Waals surface area contributed by atoms with Gasteiger partial charge < -0.3 is 9.84 Å². The number of ether oxygens (including phenoxy) is 1. The molecule has 0 aliphatic rings. The van der Waals surface area contributed by atoms with E-state index in [-0.39, 0.29) is 11.4 Å². The van der Waals surface area contributed by atoms with Gasteiger partial charge >= 0.3 is 5.97 Å². The predicted molar refractivity (Wildman–Crippen MR) is 60.7 cm³/mol. The first-order valence-corrected chi connectivity index (χ1v) is 5.16. The number of fused-ring (bicyclic) bond motifs is 1. The summed E-state index contributed by atoms with van der Waals surface area (Å²) < 4.78 is 5.49. The first-order chi connectivity index (χ1) is 7.65. The molecular weight excluding hydrogens is 276 g/mol. The van der Waals surface area contributed by atoms with Gasteiger partial charge in [-0.05, 0) is 28.1 Å². The molecule has 0 amide bonds. The molecule has 0 radical (unpaired) electrons. The largest absolute Gasteiger partial charge is 0.492 e. The number of hydrogen-bond donors (Lipinski definition) is 1. The molecule has 2 aromatic heterocycles. The molecule has 0 aliphatic heterocycles. The van der Waals surface area contributed by atoms with Gasteiger partial charge in [-0.15, -0.1) is 0 Å². The fourth-order valence-electron chi connectivity index (χ4n) is 1.41. The number of aromatic carboxylic acids is 1. The minimum absolute atomic E-state index is 0.152. The van der Waals surface area contributed by atoms with Gasteiger partial charge in [-0.2, -0.15) is 0 Å². The molecule has 0 saturated heterocycles. The Labute approximate surface area is 99.2 Å². The monoisotopic (exact) mass is 282 g/mol. The highest BCUT2D eigenvalue weighted by Crippen LogP contribution is 2.31. The topological polar surface area (TPSA) is 72.3 Å². The number of hydrogen-bond acceptors (Lipinski definition) is 4. The van der Waals surface area contributed by atoms with Crippen molar-refractivity contribution in [1.82, 2.24) is 9.97 Å². The van der Waals surface area contributed by atoms with Gasteiger partial charge in [0.05, 0.1) is 7.11 Å². The van der Waals surface area contributed by atoms with Gasteiger partial charge in [-0.1, -0.05) is 0 Å². The Hall–Kier alpha value is -1.69. The number of aromatic nitrogens is 2. The third-order valence-corrected chi connectivity index (χ3v) is 2.68. The zero-order valence-electron chi connectivity index (χ0n) is 8.27. The van der Waals surface area contributed by atoms with Gasteiger partial charge in [0.1, 0.15) is 10.1 Å². The molecule has 6 heteroatoms. The molecule has 0 unspecified atom stereocenters. The van der Waals surface area contributed by atoms with E-state index in [2.05, 4.69) is 25.9 Å². The number of carboxylic acids is 1. The van der Waals surface area contributed by atoms with E-state index in [0.29, 0.717) is 15.5 Å². The SMILES string of the molecule is COc1c(C(=O)O)nc(Br)c2cccnc12. The molecule has 0 aliphatic carbocycles. The minimum atomic E-state index is -1.15. The second-order valence-electron chi connectivity index (χ2n) is 2.99. The fraction of sp³-hybridized carbons (Fsp3) is 0.100. The highest BCUT2D eigenvalue weighted by Gasteiger charge is 2.19. The lowest BCUT2D eigenvalue weighted by Crippen LogP contribution is -2.05. The van der Waals surface area contributed by atoms with Crippen molar-refractivity contribution < 1.29 is 14.6 Å². The molecule has 1 N–H and O–H groups in total. The standard InChI is InChI=1S/C10H7BrN2O3/c1-16-8-6-5(3-2-4-12-6)9(11)13-7(8)10(14)15/h2-4H,1H3,(H,14,15). The predicted octanol–water partition coefficient (Wildman–Crippen LogP) is 2.10. The quantitative estimate of drug-likeness (QED) is 0.854. The molecule has 2 rings (SSSR count). The summed E-state index contributed by atoms with van der Waals surface area (Å²) in [6.07, 6.45) is 1.57. The van der Waals surface area contributed by atoms with Crippen molar-refractivity contribution >= 4 is 32.8 Å². The summed E-state index contributed by atoms with van der Waals surface area (Å²) >= 11 is 3.21. The van der Waals surface area contributed by atoms with E-state index in [1.165, 1.54) is 7.11 Å². The van der Waals surface area contributed by atoms with E-state index >= 15 is 0 Å². The zero-order valence-corrected chi connectivity index (χ0v) is 9.85. The minimum Gasteiger partial charge on any atom is -0.492 e. The smallest absolute Gasteiger partial charge is 0.358 e. The van der Waals surface area contributed by atoms with Crippen LogP contribution in [0.15, 0.2) is 22.9 Å². The van der Waals surface area contributed by atoms with Gasteiger partial charge in [0.15, 0.2) is 11.4 Å². The van der Waals surface area contributed by atoms with Crippen molar-refractivity contribution in [1.29, 1.82) is 0 Å². The van der Waals surface area contributed by atoms with Gasteiger partial charge in [-0.25, -0.2) is 9.78 Å². The fourth-order valence-corrected chi connectivity index (χ4v) is 1.91. The maximum absolute atomic E-state index is 11.0. The second-order valence-corrected chi connectivity index (χ2v) is 3.74. The van der Waals surface area contributed by atoms with Gasteiger partial charge in [0.2, 0.25) is 0 Å². The van der Waals surface area contributed by atoms with E-state index in [1.807, 2.05) is 0 Å². The first-order valence-electron chi connectivity index (χ1n) is 4.36. The van der Waals surface area contributed by atoms with Crippen LogP contribution in [0.3, 0.4) is 0 Å². The van der Waals surface area contributed by atoms with Gasteiger partial charge in [0, 0.05) is 11.6 Å². The Balaban J connectivity index is 2.90. The number of carboxylic acid groups (broad SMARTS) is 1. The molecule has 0 saturated carbocycles. The van der Waals surface area contributed by atoms with Crippen LogP contribution >= 0.6 is 15.9 Å².